The average Bonchev–Trinajstić information content (AvgIpc) is 2.59. The van der Waals surface area contributed by atoms with E-state index in [9.17, 15) is 9.59 Å². The summed E-state index contributed by atoms with van der Waals surface area (Å²) in [6.45, 7) is 0.631. The van der Waals surface area contributed by atoms with Crippen LogP contribution in [0.1, 0.15) is 5.56 Å². The second-order valence-corrected chi connectivity index (χ2v) is 4.99. The third-order valence-corrected chi connectivity index (χ3v) is 3.70. The lowest BCUT2D eigenvalue weighted by atomic mass is 10.1. The Morgan fingerprint density at radius 2 is 1.94 bits per heavy atom. The molecule has 1 saturated heterocycles. The van der Waals surface area contributed by atoms with Crippen molar-refractivity contribution in [1.82, 2.24) is 4.90 Å². The van der Waals surface area contributed by atoms with Crippen LogP contribution in [0.2, 0.25) is 0 Å². The maximum atomic E-state index is 11.9. The number of benzene rings is 1. The summed E-state index contributed by atoms with van der Waals surface area (Å²) in [6.07, 6.45) is 0.594. The molecule has 0 saturated carbocycles. The summed E-state index contributed by atoms with van der Waals surface area (Å²) < 4.78 is 0. The fourth-order valence-corrected chi connectivity index (χ4v) is 2.84. The zero-order valence-electron chi connectivity index (χ0n) is 9.33. The molecular weight excluding hydrogens is 236 g/mol. The van der Waals surface area contributed by atoms with Crippen molar-refractivity contribution in [3.05, 3.63) is 35.9 Å². The Labute approximate surface area is 104 Å². The molecular formula is C12H14N2O2S. The first-order valence-corrected chi connectivity index (χ1v) is 6.36. The van der Waals surface area contributed by atoms with Crippen LogP contribution in [-0.2, 0) is 11.2 Å². The third-order valence-electron chi connectivity index (χ3n) is 2.62. The Hall–Kier alpha value is -1.33. The zero-order chi connectivity index (χ0) is 12.3. The quantitative estimate of drug-likeness (QED) is 0.873. The molecule has 1 heterocycles. The van der Waals surface area contributed by atoms with Crippen molar-refractivity contribution in [1.29, 1.82) is 0 Å². The molecule has 0 bridgehead atoms. The maximum absolute atomic E-state index is 11.9. The fourth-order valence-electron chi connectivity index (χ4n) is 1.79. The van der Waals surface area contributed by atoms with Crippen molar-refractivity contribution in [3.63, 3.8) is 0 Å². The topological polar surface area (TPSA) is 63.4 Å². The van der Waals surface area contributed by atoms with Gasteiger partial charge in [0.25, 0.3) is 5.24 Å². The lowest BCUT2D eigenvalue weighted by molar-refractivity contribution is -0.126. The molecule has 5 heteroatoms. The van der Waals surface area contributed by atoms with Gasteiger partial charge in [0, 0.05) is 13.1 Å². The standard InChI is InChI=1S/C12H14N2O2S/c13-6-7-14-11(15)10(17-12(14)16)8-9-4-2-1-3-5-9/h1-5,10H,6-8,13H2/t10-/m1/s1. The minimum atomic E-state index is -0.295. The minimum Gasteiger partial charge on any atom is -0.329 e. The first kappa shape index (κ1) is 12.1. The van der Waals surface area contributed by atoms with Crippen LogP contribution in [0.5, 0.6) is 0 Å². The molecule has 2 N–H and O–H groups in total. The molecule has 17 heavy (non-hydrogen) atoms. The van der Waals surface area contributed by atoms with Crippen molar-refractivity contribution in [3.8, 4) is 0 Å². The van der Waals surface area contributed by atoms with E-state index in [1.807, 2.05) is 30.3 Å². The van der Waals surface area contributed by atoms with Gasteiger partial charge in [-0.25, -0.2) is 0 Å². The van der Waals surface area contributed by atoms with E-state index in [0.717, 1.165) is 17.3 Å². The fraction of sp³-hybridized carbons (Fsp3) is 0.333. The smallest absolute Gasteiger partial charge is 0.289 e. The molecule has 2 rings (SSSR count). The van der Waals surface area contributed by atoms with Gasteiger partial charge < -0.3 is 5.73 Å². The summed E-state index contributed by atoms with van der Waals surface area (Å²) in [6, 6.07) is 9.71. The lowest BCUT2D eigenvalue weighted by Crippen LogP contribution is -2.36. The van der Waals surface area contributed by atoms with Gasteiger partial charge in [-0.1, -0.05) is 42.1 Å². The van der Waals surface area contributed by atoms with Gasteiger partial charge in [0.05, 0.1) is 5.25 Å². The van der Waals surface area contributed by atoms with E-state index < -0.39 is 0 Å². The van der Waals surface area contributed by atoms with E-state index in [-0.39, 0.29) is 16.4 Å². The van der Waals surface area contributed by atoms with E-state index in [4.69, 9.17) is 5.73 Å². The highest BCUT2D eigenvalue weighted by Crippen LogP contribution is 2.29. The van der Waals surface area contributed by atoms with Crippen molar-refractivity contribution >= 4 is 22.9 Å². The molecule has 1 atom stereocenters. The molecule has 1 aliphatic heterocycles. The summed E-state index contributed by atoms with van der Waals surface area (Å²) in [4.78, 5) is 24.8. The molecule has 1 aliphatic rings. The Balaban J connectivity index is 2.04. The van der Waals surface area contributed by atoms with Gasteiger partial charge in [0.1, 0.15) is 0 Å². The Morgan fingerprint density at radius 3 is 2.59 bits per heavy atom. The van der Waals surface area contributed by atoms with Crippen LogP contribution in [0.25, 0.3) is 0 Å². The van der Waals surface area contributed by atoms with E-state index in [2.05, 4.69) is 0 Å². The predicted molar refractivity (Wildman–Crippen MR) is 67.7 cm³/mol. The first-order chi connectivity index (χ1) is 8.22. The van der Waals surface area contributed by atoms with Crippen LogP contribution >= 0.6 is 11.8 Å². The highest BCUT2D eigenvalue weighted by Gasteiger charge is 2.38. The largest absolute Gasteiger partial charge is 0.329 e. The summed E-state index contributed by atoms with van der Waals surface area (Å²) in [5.74, 6) is -0.116. The first-order valence-electron chi connectivity index (χ1n) is 5.48. The van der Waals surface area contributed by atoms with Crippen LogP contribution in [0.15, 0.2) is 30.3 Å². The Morgan fingerprint density at radius 1 is 1.24 bits per heavy atom. The summed E-state index contributed by atoms with van der Waals surface area (Å²) >= 11 is 1.10. The van der Waals surface area contributed by atoms with Gasteiger partial charge in [-0.3, -0.25) is 14.5 Å². The van der Waals surface area contributed by atoms with Crippen LogP contribution < -0.4 is 5.73 Å². The van der Waals surface area contributed by atoms with Gasteiger partial charge in [-0.05, 0) is 12.0 Å². The molecule has 1 aromatic rings. The van der Waals surface area contributed by atoms with Crippen molar-refractivity contribution < 1.29 is 9.59 Å². The second kappa shape index (κ2) is 5.33. The zero-order valence-corrected chi connectivity index (χ0v) is 10.2. The minimum absolute atomic E-state index is 0.116. The molecule has 0 spiro atoms. The van der Waals surface area contributed by atoms with Crippen LogP contribution in [0, 0.1) is 0 Å². The molecule has 0 radical (unpaired) electrons. The summed E-state index contributed by atoms with van der Waals surface area (Å²) in [5.41, 5.74) is 6.45. The number of rotatable bonds is 4. The number of hydrogen-bond donors (Lipinski definition) is 1. The molecule has 2 amide bonds. The van der Waals surface area contributed by atoms with E-state index >= 15 is 0 Å². The highest BCUT2D eigenvalue weighted by molar-refractivity contribution is 8.15. The molecule has 1 fully saturated rings. The summed E-state index contributed by atoms with van der Waals surface area (Å²) in [7, 11) is 0. The van der Waals surface area contributed by atoms with Crippen molar-refractivity contribution in [2.75, 3.05) is 13.1 Å². The van der Waals surface area contributed by atoms with Crippen molar-refractivity contribution in [2.24, 2.45) is 5.73 Å². The Kier molecular flexibility index (Phi) is 3.81. The molecule has 0 aliphatic carbocycles. The van der Waals surface area contributed by atoms with E-state index in [1.54, 1.807) is 0 Å². The number of carbonyl (C=O) groups is 2. The second-order valence-electron chi connectivity index (χ2n) is 3.84. The predicted octanol–water partition coefficient (Wildman–Crippen LogP) is 1.25. The Bertz CT molecular complexity index is 422. The van der Waals surface area contributed by atoms with Gasteiger partial charge in [-0.2, -0.15) is 0 Å². The van der Waals surface area contributed by atoms with E-state index in [0.29, 0.717) is 19.5 Å². The van der Waals surface area contributed by atoms with Crippen LogP contribution in [-0.4, -0.2) is 34.4 Å². The number of nitrogens with two attached hydrogens (primary N) is 1. The number of amides is 2. The molecule has 90 valence electrons. The molecule has 0 aromatic heterocycles. The normalized spacial score (nSPS) is 20.1. The van der Waals surface area contributed by atoms with Crippen molar-refractivity contribution in [2.45, 2.75) is 11.7 Å². The van der Waals surface area contributed by atoms with Crippen LogP contribution in [0.3, 0.4) is 0 Å². The third kappa shape index (κ3) is 2.68. The van der Waals surface area contributed by atoms with Gasteiger partial charge in [-0.15, -0.1) is 0 Å². The number of thioether (sulfide) groups is 1. The highest BCUT2D eigenvalue weighted by atomic mass is 32.2. The number of nitrogens with zero attached hydrogens (tertiary/aromatic N) is 1. The number of imide groups is 1. The van der Waals surface area contributed by atoms with Crippen LogP contribution in [0.4, 0.5) is 4.79 Å². The van der Waals surface area contributed by atoms with Gasteiger partial charge in [0.2, 0.25) is 5.91 Å². The number of hydrogen-bond acceptors (Lipinski definition) is 4. The van der Waals surface area contributed by atoms with Gasteiger partial charge in [0.15, 0.2) is 0 Å². The maximum Gasteiger partial charge on any atom is 0.289 e. The average molecular weight is 250 g/mol. The monoisotopic (exact) mass is 250 g/mol. The van der Waals surface area contributed by atoms with E-state index in [1.165, 1.54) is 4.90 Å². The lowest BCUT2D eigenvalue weighted by Gasteiger charge is -2.11. The molecule has 0 unspecified atom stereocenters. The summed E-state index contributed by atoms with van der Waals surface area (Å²) in [5, 5.41) is -0.474. The molecule has 1 aromatic carbocycles. The van der Waals surface area contributed by atoms with Gasteiger partial charge >= 0.3 is 0 Å². The number of carbonyl (C=O) groups excluding carboxylic acids is 2. The SMILES string of the molecule is NCCN1C(=O)S[C@H](Cc2ccccc2)C1=O. The molecule has 4 nitrogen and oxygen atoms in total.